The summed E-state index contributed by atoms with van der Waals surface area (Å²) in [6.07, 6.45) is 2.58. The van der Waals surface area contributed by atoms with E-state index in [0.717, 1.165) is 18.1 Å². The van der Waals surface area contributed by atoms with Crippen molar-refractivity contribution in [1.82, 2.24) is 10.6 Å². The van der Waals surface area contributed by atoms with Gasteiger partial charge in [0.1, 0.15) is 0 Å². The van der Waals surface area contributed by atoms with Crippen LogP contribution < -0.4 is 10.6 Å². The molecule has 2 rings (SSSR count). The molecule has 16 heavy (non-hydrogen) atoms. The molecule has 1 fully saturated rings. The third-order valence-corrected chi connectivity index (χ3v) is 3.55. The van der Waals surface area contributed by atoms with Gasteiger partial charge in [-0.15, -0.1) is 0 Å². The molecule has 2 atom stereocenters. The molecule has 88 valence electrons. The summed E-state index contributed by atoms with van der Waals surface area (Å²) in [7, 11) is 0. The zero-order valence-electron chi connectivity index (χ0n) is 9.67. The molecule has 0 radical (unpaired) electrons. The van der Waals surface area contributed by atoms with Crippen LogP contribution in [0.5, 0.6) is 0 Å². The SMILES string of the molecule is C[C@H](NCC1CCCN1)c1ccccc1Cl. The van der Waals surface area contributed by atoms with Gasteiger partial charge in [-0.1, -0.05) is 29.8 Å². The Balaban J connectivity index is 1.87. The quantitative estimate of drug-likeness (QED) is 0.843. The van der Waals surface area contributed by atoms with Gasteiger partial charge in [0.15, 0.2) is 0 Å². The van der Waals surface area contributed by atoms with Gasteiger partial charge in [-0.3, -0.25) is 0 Å². The molecule has 1 aromatic carbocycles. The van der Waals surface area contributed by atoms with Crippen molar-refractivity contribution in [3.05, 3.63) is 34.9 Å². The molecule has 0 aromatic heterocycles. The molecular weight excluding hydrogens is 220 g/mol. The zero-order valence-corrected chi connectivity index (χ0v) is 10.4. The van der Waals surface area contributed by atoms with Gasteiger partial charge in [-0.05, 0) is 37.9 Å². The molecule has 2 N–H and O–H groups in total. The Hall–Kier alpha value is -0.570. The Morgan fingerprint density at radius 2 is 2.31 bits per heavy atom. The van der Waals surface area contributed by atoms with Gasteiger partial charge in [0, 0.05) is 23.7 Å². The Morgan fingerprint density at radius 3 is 3.00 bits per heavy atom. The summed E-state index contributed by atoms with van der Waals surface area (Å²) in [6, 6.07) is 8.98. The Bertz CT molecular complexity index is 334. The van der Waals surface area contributed by atoms with Crippen LogP contribution in [-0.2, 0) is 0 Å². The Morgan fingerprint density at radius 1 is 1.50 bits per heavy atom. The first-order valence-electron chi connectivity index (χ1n) is 5.98. The maximum atomic E-state index is 6.16. The van der Waals surface area contributed by atoms with E-state index in [1.165, 1.54) is 18.4 Å². The summed E-state index contributed by atoms with van der Waals surface area (Å²) in [6.45, 7) is 4.34. The lowest BCUT2D eigenvalue weighted by molar-refractivity contribution is 0.490. The third kappa shape index (κ3) is 2.97. The molecule has 1 unspecified atom stereocenters. The second-order valence-corrected chi connectivity index (χ2v) is 4.85. The maximum Gasteiger partial charge on any atom is 0.0453 e. The van der Waals surface area contributed by atoms with Crippen LogP contribution in [0, 0.1) is 0 Å². The van der Waals surface area contributed by atoms with Gasteiger partial charge in [0.05, 0.1) is 0 Å². The van der Waals surface area contributed by atoms with Gasteiger partial charge in [0.25, 0.3) is 0 Å². The normalized spacial score (nSPS) is 22.2. The third-order valence-electron chi connectivity index (χ3n) is 3.20. The number of hydrogen-bond donors (Lipinski definition) is 2. The van der Waals surface area contributed by atoms with Gasteiger partial charge < -0.3 is 10.6 Å². The largest absolute Gasteiger partial charge is 0.313 e. The van der Waals surface area contributed by atoms with Gasteiger partial charge in [-0.2, -0.15) is 0 Å². The van der Waals surface area contributed by atoms with Crippen LogP contribution in [-0.4, -0.2) is 19.1 Å². The number of hydrogen-bond acceptors (Lipinski definition) is 2. The number of nitrogens with one attached hydrogen (secondary N) is 2. The van der Waals surface area contributed by atoms with E-state index in [2.05, 4.69) is 23.6 Å². The van der Waals surface area contributed by atoms with Crippen LogP contribution in [0.1, 0.15) is 31.4 Å². The average molecular weight is 239 g/mol. The van der Waals surface area contributed by atoms with Crippen LogP contribution >= 0.6 is 11.6 Å². The maximum absolute atomic E-state index is 6.16. The smallest absolute Gasteiger partial charge is 0.0453 e. The van der Waals surface area contributed by atoms with Crippen molar-refractivity contribution in [3.63, 3.8) is 0 Å². The minimum atomic E-state index is 0.316. The van der Waals surface area contributed by atoms with Crippen LogP contribution in [0.4, 0.5) is 0 Å². The molecule has 1 aromatic rings. The highest BCUT2D eigenvalue weighted by Gasteiger charge is 2.15. The monoisotopic (exact) mass is 238 g/mol. The molecular formula is C13H19ClN2. The fraction of sp³-hybridized carbons (Fsp3) is 0.538. The Labute approximate surface area is 102 Å². The van der Waals surface area contributed by atoms with Crippen molar-refractivity contribution < 1.29 is 0 Å². The molecule has 1 saturated heterocycles. The fourth-order valence-electron chi connectivity index (χ4n) is 2.19. The van der Waals surface area contributed by atoms with Crippen molar-refractivity contribution in [2.45, 2.75) is 31.8 Å². The van der Waals surface area contributed by atoms with Crippen LogP contribution in [0.25, 0.3) is 0 Å². The predicted octanol–water partition coefficient (Wildman–Crippen LogP) is 2.74. The van der Waals surface area contributed by atoms with E-state index in [9.17, 15) is 0 Å². The summed E-state index contributed by atoms with van der Waals surface area (Å²) < 4.78 is 0. The summed E-state index contributed by atoms with van der Waals surface area (Å²) in [5.41, 5.74) is 1.18. The van der Waals surface area contributed by atoms with E-state index in [-0.39, 0.29) is 0 Å². The molecule has 0 saturated carbocycles. The topological polar surface area (TPSA) is 24.1 Å². The van der Waals surface area contributed by atoms with E-state index >= 15 is 0 Å². The highest BCUT2D eigenvalue weighted by Crippen LogP contribution is 2.22. The standard InChI is InChI=1S/C13H19ClN2/c1-10(12-6-2-3-7-13(12)14)16-9-11-5-4-8-15-11/h2-3,6-7,10-11,15-16H,4-5,8-9H2,1H3/t10-,11?/m0/s1. The van der Waals surface area contributed by atoms with Crippen molar-refractivity contribution in [3.8, 4) is 0 Å². The summed E-state index contributed by atoms with van der Waals surface area (Å²) in [5.74, 6) is 0. The molecule has 1 heterocycles. The first-order valence-corrected chi connectivity index (χ1v) is 6.36. The lowest BCUT2D eigenvalue weighted by Crippen LogP contribution is -2.35. The lowest BCUT2D eigenvalue weighted by atomic mass is 10.1. The van der Waals surface area contributed by atoms with Crippen molar-refractivity contribution >= 4 is 11.6 Å². The van der Waals surface area contributed by atoms with Crippen LogP contribution in [0.2, 0.25) is 5.02 Å². The van der Waals surface area contributed by atoms with Crippen LogP contribution in [0.15, 0.2) is 24.3 Å². The summed E-state index contributed by atoms with van der Waals surface area (Å²) in [5, 5.41) is 7.87. The summed E-state index contributed by atoms with van der Waals surface area (Å²) in [4.78, 5) is 0. The van der Waals surface area contributed by atoms with Crippen molar-refractivity contribution in [2.75, 3.05) is 13.1 Å². The Kier molecular flexibility index (Phi) is 4.22. The molecule has 0 spiro atoms. The van der Waals surface area contributed by atoms with Gasteiger partial charge in [0.2, 0.25) is 0 Å². The second kappa shape index (κ2) is 5.67. The highest BCUT2D eigenvalue weighted by atomic mass is 35.5. The minimum Gasteiger partial charge on any atom is -0.313 e. The molecule has 0 aliphatic carbocycles. The van der Waals surface area contributed by atoms with E-state index in [1.54, 1.807) is 0 Å². The zero-order chi connectivity index (χ0) is 11.4. The number of rotatable bonds is 4. The number of benzene rings is 1. The first kappa shape index (κ1) is 11.9. The van der Waals surface area contributed by atoms with E-state index in [1.807, 2.05) is 18.2 Å². The van der Waals surface area contributed by atoms with E-state index in [0.29, 0.717) is 12.1 Å². The second-order valence-electron chi connectivity index (χ2n) is 4.44. The first-order chi connectivity index (χ1) is 7.77. The highest BCUT2D eigenvalue weighted by molar-refractivity contribution is 6.31. The fourth-order valence-corrected chi connectivity index (χ4v) is 2.49. The number of halogens is 1. The molecule has 3 heteroatoms. The van der Waals surface area contributed by atoms with Crippen molar-refractivity contribution in [2.24, 2.45) is 0 Å². The van der Waals surface area contributed by atoms with E-state index in [4.69, 9.17) is 11.6 Å². The van der Waals surface area contributed by atoms with Crippen molar-refractivity contribution in [1.29, 1.82) is 0 Å². The van der Waals surface area contributed by atoms with Crippen LogP contribution in [0.3, 0.4) is 0 Å². The molecule has 0 bridgehead atoms. The van der Waals surface area contributed by atoms with Gasteiger partial charge >= 0.3 is 0 Å². The minimum absolute atomic E-state index is 0.316. The van der Waals surface area contributed by atoms with E-state index < -0.39 is 0 Å². The molecule has 1 aliphatic rings. The lowest BCUT2D eigenvalue weighted by Gasteiger charge is -2.18. The molecule has 0 amide bonds. The molecule has 2 nitrogen and oxygen atoms in total. The predicted molar refractivity (Wildman–Crippen MR) is 68.9 cm³/mol. The molecule has 1 aliphatic heterocycles. The average Bonchev–Trinajstić information content (AvgIpc) is 2.79. The van der Waals surface area contributed by atoms with Gasteiger partial charge in [-0.25, -0.2) is 0 Å². The summed E-state index contributed by atoms with van der Waals surface area (Å²) >= 11 is 6.16.